The van der Waals surface area contributed by atoms with Crippen molar-refractivity contribution >= 4 is 38.3 Å². The summed E-state index contributed by atoms with van der Waals surface area (Å²) < 4.78 is 28.8. The van der Waals surface area contributed by atoms with Gasteiger partial charge in [-0.3, -0.25) is 4.79 Å². The van der Waals surface area contributed by atoms with E-state index in [2.05, 4.69) is 20.3 Å². The van der Waals surface area contributed by atoms with Crippen molar-refractivity contribution in [3.05, 3.63) is 70.6 Å². The predicted molar refractivity (Wildman–Crippen MR) is 119 cm³/mol. The number of nitrogens with one attached hydrogen (secondary N) is 3. The molecule has 0 aliphatic carbocycles. The van der Waals surface area contributed by atoms with Gasteiger partial charge >= 0.3 is 0 Å². The van der Waals surface area contributed by atoms with E-state index in [9.17, 15) is 18.7 Å². The predicted octanol–water partition coefficient (Wildman–Crippen LogP) is 3.27. The Morgan fingerprint density at radius 1 is 1.06 bits per heavy atom. The highest BCUT2D eigenvalue weighted by Crippen LogP contribution is 2.35. The van der Waals surface area contributed by atoms with Crippen LogP contribution < -0.4 is 10.9 Å². The number of aliphatic hydroxyl groups excluding tert-OH is 2. The van der Waals surface area contributed by atoms with Crippen molar-refractivity contribution in [3.63, 3.8) is 0 Å². The quantitative estimate of drug-likeness (QED) is 0.271. The number of rotatable bonds is 5. The molecule has 1 atom stereocenters. The average Bonchev–Trinajstić information content (AvgIpc) is 3.22. The van der Waals surface area contributed by atoms with Gasteiger partial charge in [-0.05, 0) is 35.7 Å². The second-order valence-corrected chi connectivity index (χ2v) is 7.48. The molecule has 5 N–H and O–H groups in total. The molecule has 0 radical (unpaired) electrons. The standard InChI is InChI=1S/C23H18F2N4O3/c24-16-2-1-3-17(25)19(16)22-28-20-13-5-4-11(27-9-12(31)10-30)8-15(13)18-14(21(20)29-22)6-7-26-23(18)32/h1-8,12,27,30-31H,9-10H2,(H,26,32)(H,28,29). The highest BCUT2D eigenvalue weighted by molar-refractivity contribution is 6.23. The Morgan fingerprint density at radius 3 is 2.59 bits per heavy atom. The molecule has 32 heavy (non-hydrogen) atoms. The summed E-state index contributed by atoms with van der Waals surface area (Å²) >= 11 is 0. The monoisotopic (exact) mass is 436 g/mol. The van der Waals surface area contributed by atoms with Crippen LogP contribution in [-0.2, 0) is 0 Å². The van der Waals surface area contributed by atoms with E-state index in [0.29, 0.717) is 38.3 Å². The second-order valence-electron chi connectivity index (χ2n) is 7.48. The van der Waals surface area contributed by atoms with Crippen molar-refractivity contribution in [1.82, 2.24) is 15.0 Å². The maximum Gasteiger partial charge on any atom is 0.256 e. The lowest BCUT2D eigenvalue weighted by Gasteiger charge is -2.12. The molecule has 0 aliphatic rings. The van der Waals surface area contributed by atoms with Crippen LogP contribution in [0, 0.1) is 11.6 Å². The fourth-order valence-corrected chi connectivity index (χ4v) is 3.93. The Morgan fingerprint density at radius 2 is 1.84 bits per heavy atom. The van der Waals surface area contributed by atoms with Crippen LogP contribution in [-0.4, -0.2) is 44.4 Å². The van der Waals surface area contributed by atoms with Gasteiger partial charge in [0, 0.05) is 29.2 Å². The zero-order chi connectivity index (χ0) is 22.4. The van der Waals surface area contributed by atoms with Crippen LogP contribution in [0.2, 0.25) is 0 Å². The van der Waals surface area contributed by atoms with E-state index in [0.717, 1.165) is 12.1 Å². The smallest absolute Gasteiger partial charge is 0.256 e. The number of aromatic amines is 2. The lowest BCUT2D eigenvalue weighted by molar-refractivity contribution is 0.105. The van der Waals surface area contributed by atoms with Crippen molar-refractivity contribution in [2.24, 2.45) is 0 Å². The van der Waals surface area contributed by atoms with Crippen molar-refractivity contribution in [2.75, 3.05) is 18.5 Å². The minimum Gasteiger partial charge on any atom is -0.394 e. The van der Waals surface area contributed by atoms with E-state index in [1.54, 1.807) is 24.3 Å². The van der Waals surface area contributed by atoms with Crippen LogP contribution in [0.15, 0.2) is 53.5 Å². The lowest BCUT2D eigenvalue weighted by Crippen LogP contribution is -2.22. The van der Waals surface area contributed by atoms with Crippen molar-refractivity contribution in [1.29, 1.82) is 0 Å². The first-order valence-corrected chi connectivity index (χ1v) is 9.92. The molecule has 2 heterocycles. The Hall–Kier alpha value is -3.82. The average molecular weight is 436 g/mol. The van der Waals surface area contributed by atoms with Gasteiger partial charge in [0.05, 0.1) is 34.7 Å². The fraction of sp³-hybridized carbons (Fsp3) is 0.130. The number of H-pyrrole nitrogens is 2. The summed E-state index contributed by atoms with van der Waals surface area (Å²) in [5.41, 5.74) is 0.997. The van der Waals surface area contributed by atoms with Gasteiger partial charge < -0.3 is 25.5 Å². The number of hydrogen-bond donors (Lipinski definition) is 5. The van der Waals surface area contributed by atoms with Gasteiger partial charge in [-0.2, -0.15) is 0 Å². The summed E-state index contributed by atoms with van der Waals surface area (Å²) in [6.07, 6.45) is 0.567. The van der Waals surface area contributed by atoms with E-state index < -0.39 is 17.7 Å². The molecule has 3 aromatic carbocycles. The summed E-state index contributed by atoms with van der Waals surface area (Å²) in [4.78, 5) is 22.9. The summed E-state index contributed by atoms with van der Waals surface area (Å²) in [6.45, 7) is -0.260. The van der Waals surface area contributed by atoms with Gasteiger partial charge in [0.2, 0.25) is 0 Å². The third-order valence-corrected chi connectivity index (χ3v) is 5.43. The molecule has 0 fully saturated rings. The molecule has 2 aromatic heterocycles. The van der Waals surface area contributed by atoms with Gasteiger partial charge in [-0.15, -0.1) is 0 Å². The highest BCUT2D eigenvalue weighted by Gasteiger charge is 2.19. The number of hydrogen-bond acceptors (Lipinski definition) is 5. The van der Waals surface area contributed by atoms with Crippen molar-refractivity contribution in [2.45, 2.75) is 6.10 Å². The zero-order valence-electron chi connectivity index (χ0n) is 16.6. The molecule has 0 bridgehead atoms. The number of nitrogens with zero attached hydrogens (tertiary/aromatic N) is 1. The highest BCUT2D eigenvalue weighted by atomic mass is 19.1. The van der Waals surface area contributed by atoms with Crippen molar-refractivity contribution < 1.29 is 19.0 Å². The maximum absolute atomic E-state index is 14.4. The molecule has 7 nitrogen and oxygen atoms in total. The molecule has 1 unspecified atom stereocenters. The molecule has 0 saturated carbocycles. The van der Waals surface area contributed by atoms with Gasteiger partial charge in [0.25, 0.3) is 5.56 Å². The largest absolute Gasteiger partial charge is 0.394 e. The van der Waals surface area contributed by atoms with E-state index in [1.807, 2.05) is 0 Å². The number of halogens is 2. The molecule has 0 spiro atoms. The number of fused-ring (bicyclic) bond motifs is 6. The first-order chi connectivity index (χ1) is 15.5. The van der Waals surface area contributed by atoms with E-state index in [4.69, 9.17) is 5.11 Å². The Kier molecular flexibility index (Phi) is 4.84. The Bertz CT molecular complexity index is 1520. The molecule has 0 aliphatic heterocycles. The minimum atomic E-state index is -0.933. The third-order valence-electron chi connectivity index (χ3n) is 5.43. The topological polar surface area (TPSA) is 114 Å². The summed E-state index contributed by atoms with van der Waals surface area (Å²) in [6, 6.07) is 10.5. The number of anilines is 1. The normalized spacial score (nSPS) is 12.6. The molecule has 162 valence electrons. The maximum atomic E-state index is 14.4. The number of imidazole rings is 1. The van der Waals surface area contributed by atoms with Crippen LogP contribution >= 0.6 is 0 Å². The number of aromatic nitrogens is 3. The van der Waals surface area contributed by atoms with Gasteiger partial charge in [0.15, 0.2) is 0 Å². The van der Waals surface area contributed by atoms with Crippen LogP contribution in [0.1, 0.15) is 0 Å². The molecule has 9 heteroatoms. The van der Waals surface area contributed by atoms with Crippen LogP contribution in [0.5, 0.6) is 0 Å². The van der Waals surface area contributed by atoms with Crippen LogP contribution in [0.3, 0.4) is 0 Å². The molecule has 0 saturated heterocycles. The van der Waals surface area contributed by atoms with Crippen molar-refractivity contribution in [3.8, 4) is 11.4 Å². The Labute approximate surface area is 179 Å². The molecular weight excluding hydrogens is 418 g/mol. The fourth-order valence-electron chi connectivity index (χ4n) is 3.93. The number of pyridine rings is 1. The first kappa shape index (κ1) is 20.1. The van der Waals surface area contributed by atoms with Gasteiger partial charge in [-0.25, -0.2) is 13.8 Å². The van der Waals surface area contributed by atoms with E-state index in [1.165, 1.54) is 12.3 Å². The van der Waals surface area contributed by atoms with E-state index >= 15 is 0 Å². The summed E-state index contributed by atoms with van der Waals surface area (Å²) in [5.74, 6) is -1.47. The molecule has 0 amide bonds. The summed E-state index contributed by atoms with van der Waals surface area (Å²) in [7, 11) is 0. The third kappa shape index (κ3) is 3.19. The van der Waals surface area contributed by atoms with Crippen LogP contribution in [0.25, 0.3) is 44.0 Å². The second kappa shape index (κ2) is 7.70. The number of aliphatic hydroxyl groups is 2. The number of benzene rings is 3. The van der Waals surface area contributed by atoms with E-state index in [-0.39, 0.29) is 30.1 Å². The lowest BCUT2D eigenvalue weighted by atomic mass is 10.0. The zero-order valence-corrected chi connectivity index (χ0v) is 16.6. The summed E-state index contributed by atoms with van der Waals surface area (Å²) in [5, 5.41) is 23.8. The minimum absolute atomic E-state index is 0.0259. The molecule has 5 aromatic rings. The Balaban J connectivity index is 1.81. The first-order valence-electron chi connectivity index (χ1n) is 9.92. The van der Waals surface area contributed by atoms with Gasteiger partial charge in [0.1, 0.15) is 17.5 Å². The van der Waals surface area contributed by atoms with Gasteiger partial charge in [-0.1, -0.05) is 12.1 Å². The molecular formula is C23H18F2N4O3. The molecule has 5 rings (SSSR count). The SMILES string of the molecule is O=c1[nH]ccc2c3[nH]c(-c4c(F)cccc4F)nc3c3ccc(NCC(O)CO)cc3c12. The van der Waals surface area contributed by atoms with Crippen LogP contribution in [0.4, 0.5) is 14.5 Å².